The monoisotopic (exact) mass is 334 g/mol. The third-order valence-electron chi connectivity index (χ3n) is 4.10. The maximum absolute atomic E-state index is 13.6. The van der Waals surface area contributed by atoms with E-state index in [4.69, 9.17) is 4.43 Å². The molecule has 0 radical (unpaired) electrons. The van der Waals surface area contributed by atoms with E-state index in [9.17, 15) is 4.57 Å². The molecule has 0 aromatic carbocycles. The van der Waals surface area contributed by atoms with Gasteiger partial charge in [0, 0.05) is 0 Å². The van der Waals surface area contributed by atoms with Gasteiger partial charge in [-0.15, -0.1) is 0 Å². The van der Waals surface area contributed by atoms with Gasteiger partial charge in [0.05, 0.1) is 0 Å². The number of hydrogen-bond acceptors (Lipinski definition) is 2. The Morgan fingerprint density at radius 2 is 1.43 bits per heavy atom. The van der Waals surface area contributed by atoms with Gasteiger partial charge >= 0.3 is 0 Å². The second-order valence-electron chi connectivity index (χ2n) is 6.33. The van der Waals surface area contributed by atoms with Crippen LogP contribution in [0, 0.1) is 5.92 Å². The van der Waals surface area contributed by atoms with E-state index in [0.29, 0.717) is 11.4 Å². The van der Waals surface area contributed by atoms with Crippen molar-refractivity contribution >= 4 is 15.8 Å². The molecular formula is C15H35N2O2PSi. The van der Waals surface area contributed by atoms with Crippen LogP contribution in [-0.2, 0) is 8.99 Å². The summed E-state index contributed by atoms with van der Waals surface area (Å²) in [6, 6.07) is 3.16. The Morgan fingerprint density at radius 3 is 1.67 bits per heavy atom. The van der Waals surface area contributed by atoms with Crippen molar-refractivity contribution in [2.24, 2.45) is 5.92 Å². The van der Waals surface area contributed by atoms with Crippen molar-refractivity contribution in [2.45, 2.75) is 52.8 Å². The summed E-state index contributed by atoms with van der Waals surface area (Å²) in [7, 11) is 2.80. The number of nitrogens with zero attached hydrogens (tertiary/aromatic N) is 2. The zero-order valence-corrected chi connectivity index (χ0v) is 17.3. The molecule has 0 saturated carbocycles. The largest absolute Gasteiger partial charge is 0.540 e. The molecule has 0 bridgehead atoms. The van der Waals surface area contributed by atoms with Gasteiger partial charge in [-0.1, -0.05) is 34.6 Å². The van der Waals surface area contributed by atoms with E-state index < -0.39 is 15.8 Å². The quantitative estimate of drug-likeness (QED) is 0.344. The molecule has 0 fully saturated rings. The third kappa shape index (κ3) is 4.95. The molecule has 21 heavy (non-hydrogen) atoms. The second-order valence-corrected chi connectivity index (χ2v) is 14.2. The van der Waals surface area contributed by atoms with Crippen LogP contribution >= 0.6 is 7.44 Å². The second kappa shape index (κ2) is 8.52. The Morgan fingerprint density at radius 1 is 1.05 bits per heavy atom. The molecule has 0 aliphatic rings. The fraction of sp³-hybridized carbons (Fsp3) is 0.867. The lowest BCUT2D eigenvalue weighted by Crippen LogP contribution is -2.37. The van der Waals surface area contributed by atoms with Crippen LogP contribution in [0.25, 0.3) is 0 Å². The summed E-state index contributed by atoms with van der Waals surface area (Å²) < 4.78 is 23.7. The standard InChI is InChI=1S/C15H35N2O2PSi/c1-10-21(11-2,12-3)19-15(13-14(4)5)20(18,16(6)7)17(8)9/h13-14H,10-12H2,1-9H3/b15-13+. The summed E-state index contributed by atoms with van der Waals surface area (Å²) in [5.74, 6) is 0.311. The summed E-state index contributed by atoms with van der Waals surface area (Å²) in [5.41, 5.74) is 0.685. The molecule has 4 nitrogen and oxygen atoms in total. The summed E-state index contributed by atoms with van der Waals surface area (Å²) in [5, 5.41) is 0. The zero-order chi connectivity index (χ0) is 16.8. The first kappa shape index (κ1) is 20.9. The van der Waals surface area contributed by atoms with E-state index >= 15 is 0 Å². The number of hydrogen-bond donors (Lipinski definition) is 0. The summed E-state index contributed by atoms with van der Waals surface area (Å²) >= 11 is 0. The summed E-state index contributed by atoms with van der Waals surface area (Å²) in [4.78, 5) is 0. The van der Waals surface area contributed by atoms with Crippen LogP contribution in [-0.4, -0.2) is 45.8 Å². The molecule has 0 saturated heterocycles. The lowest BCUT2D eigenvalue weighted by atomic mass is 10.2. The van der Waals surface area contributed by atoms with Gasteiger partial charge in [0.2, 0.25) is 0 Å². The highest BCUT2D eigenvalue weighted by atomic mass is 31.2. The maximum Gasteiger partial charge on any atom is 0.276 e. The number of rotatable bonds is 9. The predicted octanol–water partition coefficient (Wildman–Crippen LogP) is 4.82. The van der Waals surface area contributed by atoms with Crippen LogP contribution in [0.3, 0.4) is 0 Å². The lowest BCUT2D eigenvalue weighted by molar-refractivity contribution is 0.383. The van der Waals surface area contributed by atoms with E-state index in [0.717, 1.165) is 18.1 Å². The van der Waals surface area contributed by atoms with Crippen molar-refractivity contribution in [3.8, 4) is 0 Å². The SMILES string of the molecule is CC[Si](CC)(CC)O/C(=C\C(C)C)P(=O)(N(C)C)N(C)C. The van der Waals surface area contributed by atoms with Gasteiger partial charge in [0.15, 0.2) is 5.50 Å². The lowest BCUT2D eigenvalue weighted by Gasteiger charge is -2.38. The minimum absolute atomic E-state index is 0.311. The molecule has 6 heteroatoms. The average Bonchev–Trinajstić information content (AvgIpc) is 2.41. The van der Waals surface area contributed by atoms with Crippen LogP contribution in [0.1, 0.15) is 34.6 Å². The molecule has 0 rings (SSSR count). The van der Waals surface area contributed by atoms with Gasteiger partial charge in [-0.2, -0.15) is 0 Å². The Hall–Kier alpha value is -0.0931. The van der Waals surface area contributed by atoms with Crippen molar-refractivity contribution in [2.75, 3.05) is 28.2 Å². The fourth-order valence-corrected chi connectivity index (χ4v) is 7.91. The van der Waals surface area contributed by atoms with Gasteiger partial charge in [0.1, 0.15) is 0 Å². The van der Waals surface area contributed by atoms with E-state index in [1.54, 1.807) is 9.34 Å². The van der Waals surface area contributed by atoms with E-state index in [-0.39, 0.29) is 0 Å². The molecule has 0 aliphatic carbocycles. The molecule has 0 aromatic rings. The molecule has 0 heterocycles. The molecule has 0 aliphatic heterocycles. The minimum Gasteiger partial charge on any atom is -0.540 e. The van der Waals surface area contributed by atoms with Crippen LogP contribution in [0.2, 0.25) is 18.1 Å². The topological polar surface area (TPSA) is 32.8 Å². The van der Waals surface area contributed by atoms with Gasteiger partial charge in [-0.05, 0) is 58.3 Å². The Kier molecular flexibility index (Phi) is 8.48. The van der Waals surface area contributed by atoms with E-state index in [1.807, 2.05) is 34.3 Å². The molecular weight excluding hydrogens is 299 g/mol. The van der Waals surface area contributed by atoms with Gasteiger partial charge in [-0.25, -0.2) is 9.34 Å². The van der Waals surface area contributed by atoms with E-state index in [2.05, 4.69) is 34.6 Å². The summed E-state index contributed by atoms with van der Waals surface area (Å²) in [6.45, 7) is 10.8. The van der Waals surface area contributed by atoms with Crippen LogP contribution in [0.15, 0.2) is 11.6 Å². The minimum atomic E-state index is -2.82. The van der Waals surface area contributed by atoms with Crippen molar-refractivity contribution in [3.05, 3.63) is 11.6 Å². The predicted molar refractivity (Wildman–Crippen MR) is 96.2 cm³/mol. The first-order valence-electron chi connectivity index (χ1n) is 7.96. The van der Waals surface area contributed by atoms with Crippen molar-refractivity contribution in [1.82, 2.24) is 9.34 Å². The van der Waals surface area contributed by atoms with Crippen molar-refractivity contribution in [1.29, 1.82) is 0 Å². The van der Waals surface area contributed by atoms with Crippen LogP contribution in [0.4, 0.5) is 0 Å². The maximum atomic E-state index is 13.6. The first-order chi connectivity index (χ1) is 9.59. The van der Waals surface area contributed by atoms with E-state index in [1.165, 1.54) is 0 Å². The van der Waals surface area contributed by atoms with Gasteiger partial charge < -0.3 is 4.43 Å². The smallest absolute Gasteiger partial charge is 0.276 e. The highest BCUT2D eigenvalue weighted by Gasteiger charge is 2.40. The van der Waals surface area contributed by atoms with Gasteiger partial charge in [-0.3, -0.25) is 4.57 Å². The molecule has 0 amide bonds. The molecule has 0 unspecified atom stereocenters. The fourth-order valence-electron chi connectivity index (χ4n) is 2.42. The Bertz CT molecular complexity index is 371. The van der Waals surface area contributed by atoms with Gasteiger partial charge in [0.25, 0.3) is 15.8 Å². The highest BCUT2D eigenvalue weighted by Crippen LogP contribution is 2.58. The van der Waals surface area contributed by atoms with Crippen LogP contribution in [0.5, 0.6) is 0 Å². The average molecular weight is 335 g/mol. The molecule has 0 spiro atoms. The Labute approximate surface area is 133 Å². The highest BCUT2D eigenvalue weighted by molar-refractivity contribution is 7.63. The molecule has 0 aromatic heterocycles. The third-order valence-corrected chi connectivity index (χ3v) is 11.8. The molecule has 0 atom stereocenters. The van der Waals surface area contributed by atoms with Crippen molar-refractivity contribution in [3.63, 3.8) is 0 Å². The number of allylic oxidation sites excluding steroid dienone is 1. The first-order valence-corrected chi connectivity index (χ1v) is 12.1. The normalized spacial score (nSPS) is 14.4. The molecule has 126 valence electrons. The molecule has 0 N–H and O–H groups in total. The summed E-state index contributed by atoms with van der Waals surface area (Å²) in [6.07, 6.45) is 2.05. The zero-order valence-electron chi connectivity index (χ0n) is 15.4. The Balaban J connectivity index is 5.87. The van der Waals surface area contributed by atoms with Crippen molar-refractivity contribution < 1.29 is 8.99 Å². The van der Waals surface area contributed by atoms with Crippen LogP contribution < -0.4 is 0 Å².